The third kappa shape index (κ3) is 3.32. The molecule has 0 radical (unpaired) electrons. The highest BCUT2D eigenvalue weighted by molar-refractivity contribution is 5.69. The molecule has 3 N–H and O–H groups in total. The monoisotopic (exact) mass is 186 g/mol. The summed E-state index contributed by atoms with van der Waals surface area (Å²) in [5, 5.41) is 3.27. The van der Waals surface area contributed by atoms with E-state index in [1.165, 1.54) is 7.11 Å². The predicted octanol–water partition coefficient (Wildman–Crippen LogP) is -0.124. The molecule has 0 unspecified atom stereocenters. The lowest BCUT2D eigenvalue weighted by molar-refractivity contribution is -0.141. The molecule has 0 amide bonds. The number of hydrogen-bond donors (Lipinski definition) is 2. The van der Waals surface area contributed by atoms with Crippen LogP contribution in [0.3, 0.4) is 0 Å². The zero-order chi connectivity index (χ0) is 9.68. The van der Waals surface area contributed by atoms with Crippen LogP contribution in [0.1, 0.15) is 19.3 Å². The van der Waals surface area contributed by atoms with Crippen molar-refractivity contribution in [2.75, 3.05) is 20.2 Å². The van der Waals surface area contributed by atoms with Crippen LogP contribution in [0.4, 0.5) is 0 Å². The molecule has 0 aromatic heterocycles. The van der Waals surface area contributed by atoms with Gasteiger partial charge in [-0.2, -0.15) is 0 Å². The molecule has 1 aliphatic heterocycles. The Bertz CT molecular complexity index is 173. The van der Waals surface area contributed by atoms with Gasteiger partial charge in [-0.1, -0.05) is 0 Å². The number of carbonyl (C=O) groups excluding carboxylic acids is 1. The Balaban J connectivity index is 2.40. The molecule has 0 aromatic rings. The summed E-state index contributed by atoms with van der Waals surface area (Å²) >= 11 is 0. The number of nitrogens with one attached hydrogen (secondary N) is 1. The third-order valence-corrected chi connectivity index (χ3v) is 2.61. The third-order valence-electron chi connectivity index (χ3n) is 2.61. The number of ether oxygens (including phenoxy) is 1. The molecule has 0 aliphatic carbocycles. The minimum absolute atomic E-state index is 0.133. The molecule has 1 rings (SSSR count). The molecule has 1 fully saturated rings. The van der Waals surface area contributed by atoms with Gasteiger partial charge in [-0.05, 0) is 31.8 Å². The first-order valence-corrected chi connectivity index (χ1v) is 4.77. The van der Waals surface area contributed by atoms with Crippen LogP contribution < -0.4 is 11.1 Å². The van der Waals surface area contributed by atoms with Crippen molar-refractivity contribution in [3.05, 3.63) is 0 Å². The SMILES string of the molecule is COC(=O)C[C@H]1CCNCC[C@@H]1N. The Morgan fingerprint density at radius 1 is 1.54 bits per heavy atom. The maximum Gasteiger partial charge on any atom is 0.305 e. The van der Waals surface area contributed by atoms with Crippen molar-refractivity contribution in [3.8, 4) is 0 Å². The second kappa shape index (κ2) is 5.19. The first-order valence-electron chi connectivity index (χ1n) is 4.77. The topological polar surface area (TPSA) is 64.3 Å². The Labute approximate surface area is 78.8 Å². The highest BCUT2D eigenvalue weighted by Gasteiger charge is 2.22. The molecule has 2 atom stereocenters. The van der Waals surface area contributed by atoms with Gasteiger partial charge in [0.05, 0.1) is 7.11 Å². The zero-order valence-corrected chi connectivity index (χ0v) is 8.08. The molecule has 0 bridgehead atoms. The molecule has 4 heteroatoms. The predicted molar refractivity (Wildman–Crippen MR) is 50.2 cm³/mol. The molecule has 0 aromatic carbocycles. The second-order valence-electron chi connectivity index (χ2n) is 3.53. The first-order chi connectivity index (χ1) is 6.24. The van der Waals surface area contributed by atoms with E-state index >= 15 is 0 Å². The fourth-order valence-corrected chi connectivity index (χ4v) is 1.68. The van der Waals surface area contributed by atoms with Gasteiger partial charge in [-0.25, -0.2) is 0 Å². The van der Waals surface area contributed by atoms with Gasteiger partial charge >= 0.3 is 5.97 Å². The van der Waals surface area contributed by atoms with Gasteiger partial charge < -0.3 is 15.8 Å². The fourth-order valence-electron chi connectivity index (χ4n) is 1.68. The van der Waals surface area contributed by atoms with Gasteiger partial charge in [-0.3, -0.25) is 4.79 Å². The average Bonchev–Trinajstić information content (AvgIpc) is 2.32. The fraction of sp³-hybridized carbons (Fsp3) is 0.889. The summed E-state index contributed by atoms with van der Waals surface area (Å²) in [5.41, 5.74) is 5.93. The first kappa shape index (κ1) is 10.5. The normalized spacial score (nSPS) is 29.4. The van der Waals surface area contributed by atoms with Crippen molar-refractivity contribution >= 4 is 5.97 Å². The number of hydrogen-bond acceptors (Lipinski definition) is 4. The Kier molecular flexibility index (Phi) is 4.18. The van der Waals surface area contributed by atoms with E-state index in [-0.39, 0.29) is 17.9 Å². The van der Waals surface area contributed by atoms with E-state index in [9.17, 15) is 4.79 Å². The van der Waals surface area contributed by atoms with E-state index < -0.39 is 0 Å². The Morgan fingerprint density at radius 2 is 2.23 bits per heavy atom. The molecule has 1 aliphatic rings. The summed E-state index contributed by atoms with van der Waals surface area (Å²) in [4.78, 5) is 11.0. The highest BCUT2D eigenvalue weighted by Crippen LogP contribution is 2.16. The lowest BCUT2D eigenvalue weighted by atomic mass is 9.92. The van der Waals surface area contributed by atoms with Crippen LogP contribution in [0.5, 0.6) is 0 Å². The van der Waals surface area contributed by atoms with Crippen LogP contribution in [0.25, 0.3) is 0 Å². The van der Waals surface area contributed by atoms with E-state index in [1.54, 1.807) is 0 Å². The maximum absolute atomic E-state index is 11.0. The quantitative estimate of drug-likeness (QED) is 0.590. The number of esters is 1. The summed E-state index contributed by atoms with van der Waals surface area (Å²) in [7, 11) is 1.42. The largest absolute Gasteiger partial charge is 0.469 e. The van der Waals surface area contributed by atoms with Crippen molar-refractivity contribution in [3.63, 3.8) is 0 Å². The lowest BCUT2D eigenvalue weighted by Crippen LogP contribution is -2.31. The van der Waals surface area contributed by atoms with Gasteiger partial charge in [0.15, 0.2) is 0 Å². The second-order valence-corrected chi connectivity index (χ2v) is 3.53. The van der Waals surface area contributed by atoms with Gasteiger partial charge in [0.1, 0.15) is 0 Å². The van der Waals surface area contributed by atoms with Crippen molar-refractivity contribution in [1.29, 1.82) is 0 Å². The molecule has 4 nitrogen and oxygen atoms in total. The number of rotatable bonds is 2. The molecule has 0 saturated carbocycles. The average molecular weight is 186 g/mol. The van der Waals surface area contributed by atoms with Crippen LogP contribution in [-0.2, 0) is 9.53 Å². The standard InChI is InChI=1S/C9H18N2O2/c1-13-9(12)6-7-2-4-11-5-3-8(7)10/h7-8,11H,2-6,10H2,1H3/t7-,8+/m1/s1. The molecule has 1 saturated heterocycles. The molecule has 0 spiro atoms. The Morgan fingerprint density at radius 3 is 2.92 bits per heavy atom. The summed E-state index contributed by atoms with van der Waals surface area (Å²) in [6.07, 6.45) is 2.37. The van der Waals surface area contributed by atoms with Gasteiger partial charge in [0, 0.05) is 12.5 Å². The van der Waals surface area contributed by atoms with Crippen LogP contribution in [0.2, 0.25) is 0 Å². The van der Waals surface area contributed by atoms with Gasteiger partial charge in [-0.15, -0.1) is 0 Å². The van der Waals surface area contributed by atoms with Gasteiger partial charge in [0.25, 0.3) is 0 Å². The van der Waals surface area contributed by atoms with E-state index in [0.29, 0.717) is 6.42 Å². The van der Waals surface area contributed by atoms with Crippen molar-refractivity contribution < 1.29 is 9.53 Å². The van der Waals surface area contributed by atoms with E-state index in [0.717, 1.165) is 25.9 Å². The number of methoxy groups -OCH3 is 1. The minimum Gasteiger partial charge on any atom is -0.469 e. The summed E-state index contributed by atoms with van der Waals surface area (Å²) in [6.45, 7) is 1.91. The van der Waals surface area contributed by atoms with Crippen molar-refractivity contribution in [2.24, 2.45) is 11.7 Å². The minimum atomic E-state index is -0.151. The smallest absolute Gasteiger partial charge is 0.305 e. The van der Waals surface area contributed by atoms with Crippen LogP contribution in [0.15, 0.2) is 0 Å². The molecule has 13 heavy (non-hydrogen) atoms. The van der Waals surface area contributed by atoms with E-state index in [2.05, 4.69) is 10.1 Å². The highest BCUT2D eigenvalue weighted by atomic mass is 16.5. The molecular weight excluding hydrogens is 168 g/mol. The molecule has 76 valence electrons. The van der Waals surface area contributed by atoms with E-state index in [4.69, 9.17) is 5.73 Å². The number of nitrogens with two attached hydrogens (primary N) is 1. The molecule has 1 heterocycles. The zero-order valence-electron chi connectivity index (χ0n) is 8.08. The summed E-state index contributed by atoms with van der Waals surface area (Å²) < 4.78 is 4.63. The van der Waals surface area contributed by atoms with Gasteiger partial charge in [0.2, 0.25) is 0 Å². The van der Waals surface area contributed by atoms with Crippen LogP contribution >= 0.6 is 0 Å². The Hall–Kier alpha value is -0.610. The lowest BCUT2D eigenvalue weighted by Gasteiger charge is -2.19. The summed E-state index contributed by atoms with van der Waals surface area (Å²) in [5.74, 6) is 0.129. The summed E-state index contributed by atoms with van der Waals surface area (Å²) in [6, 6.07) is 0.133. The van der Waals surface area contributed by atoms with Crippen LogP contribution in [-0.4, -0.2) is 32.2 Å². The number of carbonyl (C=O) groups is 1. The maximum atomic E-state index is 11.0. The van der Waals surface area contributed by atoms with Crippen molar-refractivity contribution in [1.82, 2.24) is 5.32 Å². The van der Waals surface area contributed by atoms with E-state index in [1.807, 2.05) is 0 Å². The van der Waals surface area contributed by atoms with Crippen molar-refractivity contribution in [2.45, 2.75) is 25.3 Å². The van der Waals surface area contributed by atoms with Crippen LogP contribution in [0, 0.1) is 5.92 Å². The molecular formula is C9H18N2O2.